The lowest BCUT2D eigenvalue weighted by atomic mass is 10.0. The molecule has 2 atom stereocenters. The maximum Gasteiger partial charge on any atom is 0.237 e. The van der Waals surface area contributed by atoms with Crippen molar-refractivity contribution >= 4 is 5.91 Å². The number of aliphatic hydroxyl groups excluding tert-OH is 1. The molecule has 0 unspecified atom stereocenters. The van der Waals surface area contributed by atoms with Crippen molar-refractivity contribution < 1.29 is 14.3 Å². The number of carbonyl (C=O) groups excluding carboxylic acids is 1. The molecule has 19 heavy (non-hydrogen) atoms. The van der Waals surface area contributed by atoms with Gasteiger partial charge in [-0.25, -0.2) is 4.39 Å². The minimum atomic E-state index is -1.02. The average molecular weight is 266 g/mol. The number of nitrogens with one attached hydrogen (secondary N) is 2. The predicted octanol–water partition coefficient (Wildman–Crippen LogP) is 1.12. The van der Waals surface area contributed by atoms with Crippen LogP contribution in [0.25, 0.3) is 0 Å². The molecule has 5 heteroatoms. The van der Waals surface area contributed by atoms with Crippen molar-refractivity contribution in [3.63, 3.8) is 0 Å². The zero-order chi connectivity index (χ0) is 13.7. The molecule has 1 saturated heterocycles. The molecule has 1 heterocycles. The van der Waals surface area contributed by atoms with Crippen LogP contribution in [0.3, 0.4) is 0 Å². The van der Waals surface area contributed by atoms with E-state index in [0.29, 0.717) is 0 Å². The Morgan fingerprint density at radius 2 is 2.26 bits per heavy atom. The van der Waals surface area contributed by atoms with Crippen molar-refractivity contribution in [1.29, 1.82) is 0 Å². The number of hydrogen-bond donors (Lipinski definition) is 3. The second-order valence-corrected chi connectivity index (χ2v) is 4.78. The van der Waals surface area contributed by atoms with Gasteiger partial charge in [-0.2, -0.15) is 0 Å². The first-order valence-electron chi connectivity index (χ1n) is 6.62. The van der Waals surface area contributed by atoms with Crippen LogP contribution >= 0.6 is 0 Å². The quantitative estimate of drug-likeness (QED) is 0.765. The Hall–Kier alpha value is -1.46. The predicted molar refractivity (Wildman–Crippen MR) is 70.0 cm³/mol. The molecule has 0 saturated carbocycles. The Morgan fingerprint density at radius 3 is 2.95 bits per heavy atom. The molecule has 2 rings (SSSR count). The van der Waals surface area contributed by atoms with Gasteiger partial charge in [0.1, 0.15) is 5.82 Å². The minimum absolute atomic E-state index is 0.0257. The Balaban J connectivity index is 1.84. The number of amides is 1. The van der Waals surface area contributed by atoms with Gasteiger partial charge in [-0.1, -0.05) is 24.6 Å². The molecule has 0 bridgehead atoms. The third-order valence-electron chi connectivity index (χ3n) is 3.36. The maximum absolute atomic E-state index is 13.4. The summed E-state index contributed by atoms with van der Waals surface area (Å²) < 4.78 is 13.4. The van der Waals surface area contributed by atoms with Crippen LogP contribution in [-0.2, 0) is 4.79 Å². The molecule has 1 aromatic rings. The summed E-state index contributed by atoms with van der Waals surface area (Å²) in [7, 11) is 0. The molecular formula is C14H19FN2O2. The molecule has 0 radical (unpaired) electrons. The first kappa shape index (κ1) is 14.0. The summed E-state index contributed by atoms with van der Waals surface area (Å²) in [5, 5.41) is 15.7. The van der Waals surface area contributed by atoms with Crippen LogP contribution in [0.2, 0.25) is 0 Å². The Bertz CT molecular complexity index is 433. The molecule has 3 N–H and O–H groups in total. The fraction of sp³-hybridized carbons (Fsp3) is 0.500. The maximum atomic E-state index is 13.4. The topological polar surface area (TPSA) is 61.4 Å². The van der Waals surface area contributed by atoms with E-state index >= 15 is 0 Å². The van der Waals surface area contributed by atoms with Gasteiger partial charge in [0.25, 0.3) is 0 Å². The van der Waals surface area contributed by atoms with Crippen molar-refractivity contribution in [2.75, 3.05) is 13.1 Å². The molecule has 1 aliphatic heterocycles. The van der Waals surface area contributed by atoms with Gasteiger partial charge >= 0.3 is 0 Å². The fourth-order valence-electron chi connectivity index (χ4n) is 2.25. The highest BCUT2D eigenvalue weighted by atomic mass is 19.1. The highest BCUT2D eigenvalue weighted by Crippen LogP contribution is 2.15. The lowest BCUT2D eigenvalue weighted by Crippen LogP contribution is -2.47. The summed E-state index contributed by atoms with van der Waals surface area (Å²) in [6.45, 7) is 0.867. The molecule has 4 nitrogen and oxygen atoms in total. The lowest BCUT2D eigenvalue weighted by Gasteiger charge is -2.23. The third kappa shape index (κ3) is 3.75. The van der Waals surface area contributed by atoms with Gasteiger partial charge < -0.3 is 15.7 Å². The van der Waals surface area contributed by atoms with Crippen LogP contribution in [0, 0.1) is 5.82 Å². The Kier molecular flexibility index (Phi) is 4.87. The molecule has 1 fully saturated rings. The second kappa shape index (κ2) is 6.63. The van der Waals surface area contributed by atoms with E-state index in [2.05, 4.69) is 10.6 Å². The number of hydrogen-bond acceptors (Lipinski definition) is 3. The summed E-state index contributed by atoms with van der Waals surface area (Å²) in [5.41, 5.74) is 0.208. The van der Waals surface area contributed by atoms with Crippen molar-refractivity contribution in [1.82, 2.24) is 10.6 Å². The van der Waals surface area contributed by atoms with E-state index in [9.17, 15) is 14.3 Å². The number of aliphatic hydroxyl groups is 1. The molecule has 0 spiro atoms. The summed E-state index contributed by atoms with van der Waals surface area (Å²) >= 11 is 0. The van der Waals surface area contributed by atoms with E-state index in [-0.39, 0.29) is 24.1 Å². The van der Waals surface area contributed by atoms with Crippen molar-refractivity contribution in [2.24, 2.45) is 0 Å². The summed E-state index contributed by atoms with van der Waals surface area (Å²) in [6.07, 6.45) is 1.90. The van der Waals surface area contributed by atoms with E-state index in [0.717, 1.165) is 25.8 Å². The SMILES string of the molecule is O=C(NC[C@@H](O)c1ccccc1F)[C@H]1CCCCN1. The first-order chi connectivity index (χ1) is 9.18. The molecule has 104 valence electrons. The molecular weight excluding hydrogens is 247 g/mol. The first-order valence-corrected chi connectivity index (χ1v) is 6.62. The number of carbonyl (C=O) groups is 1. The van der Waals surface area contributed by atoms with Gasteiger partial charge in [-0.15, -0.1) is 0 Å². The molecule has 1 aliphatic rings. The number of rotatable bonds is 4. The van der Waals surface area contributed by atoms with Gasteiger partial charge in [0, 0.05) is 12.1 Å². The van der Waals surface area contributed by atoms with Crippen LogP contribution in [0.5, 0.6) is 0 Å². The number of halogens is 1. The van der Waals surface area contributed by atoms with E-state index < -0.39 is 11.9 Å². The van der Waals surface area contributed by atoms with Gasteiger partial charge in [0.15, 0.2) is 0 Å². The highest BCUT2D eigenvalue weighted by molar-refractivity contribution is 5.81. The van der Waals surface area contributed by atoms with E-state index in [1.165, 1.54) is 12.1 Å². The standard InChI is InChI=1S/C14H19FN2O2/c15-11-6-2-1-5-10(11)13(18)9-17-14(19)12-7-3-4-8-16-12/h1-2,5-6,12-13,16,18H,3-4,7-9H2,(H,17,19)/t12-,13-/m1/s1. The highest BCUT2D eigenvalue weighted by Gasteiger charge is 2.21. The zero-order valence-corrected chi connectivity index (χ0v) is 10.7. The molecule has 1 amide bonds. The monoisotopic (exact) mass is 266 g/mol. The number of benzene rings is 1. The van der Waals surface area contributed by atoms with E-state index in [1.807, 2.05) is 0 Å². The average Bonchev–Trinajstić information content (AvgIpc) is 2.46. The van der Waals surface area contributed by atoms with E-state index in [4.69, 9.17) is 0 Å². The fourth-order valence-corrected chi connectivity index (χ4v) is 2.25. The van der Waals surface area contributed by atoms with Crippen LogP contribution in [0.15, 0.2) is 24.3 Å². The van der Waals surface area contributed by atoms with Crippen molar-refractivity contribution in [2.45, 2.75) is 31.4 Å². The van der Waals surface area contributed by atoms with Gasteiger partial charge in [-0.05, 0) is 25.5 Å². The van der Waals surface area contributed by atoms with Gasteiger partial charge in [0.05, 0.1) is 12.1 Å². The van der Waals surface area contributed by atoms with Crippen molar-refractivity contribution in [3.8, 4) is 0 Å². The molecule has 1 aromatic carbocycles. The normalized spacial score (nSPS) is 20.8. The van der Waals surface area contributed by atoms with Crippen molar-refractivity contribution in [3.05, 3.63) is 35.6 Å². The largest absolute Gasteiger partial charge is 0.386 e. The van der Waals surface area contributed by atoms with Crippen LogP contribution in [0.1, 0.15) is 30.9 Å². The summed E-state index contributed by atoms with van der Waals surface area (Å²) in [6, 6.07) is 5.85. The van der Waals surface area contributed by atoms with Crippen LogP contribution in [-0.4, -0.2) is 30.1 Å². The van der Waals surface area contributed by atoms with Gasteiger partial charge in [0.2, 0.25) is 5.91 Å². The Labute approximate surface area is 112 Å². The minimum Gasteiger partial charge on any atom is -0.386 e. The van der Waals surface area contributed by atoms with E-state index in [1.54, 1.807) is 12.1 Å². The molecule has 0 aliphatic carbocycles. The Morgan fingerprint density at radius 1 is 1.47 bits per heavy atom. The summed E-state index contributed by atoms with van der Waals surface area (Å²) in [5.74, 6) is -0.588. The second-order valence-electron chi connectivity index (χ2n) is 4.78. The number of piperidine rings is 1. The zero-order valence-electron chi connectivity index (χ0n) is 10.7. The lowest BCUT2D eigenvalue weighted by molar-refractivity contribution is -0.124. The van der Waals surface area contributed by atoms with Crippen LogP contribution in [0.4, 0.5) is 4.39 Å². The molecule has 0 aromatic heterocycles. The summed E-state index contributed by atoms with van der Waals surface area (Å²) in [4.78, 5) is 11.8. The smallest absolute Gasteiger partial charge is 0.237 e. The van der Waals surface area contributed by atoms with Crippen LogP contribution < -0.4 is 10.6 Å². The third-order valence-corrected chi connectivity index (χ3v) is 3.36. The van der Waals surface area contributed by atoms with Gasteiger partial charge in [-0.3, -0.25) is 4.79 Å².